The molecule has 0 radical (unpaired) electrons. The number of rotatable bonds is 9. The Morgan fingerprint density at radius 3 is 2.00 bits per heavy atom. The first-order valence-electron chi connectivity index (χ1n) is 7.51. The van der Waals surface area contributed by atoms with E-state index in [2.05, 4.69) is 19.6 Å². The van der Waals surface area contributed by atoms with Gasteiger partial charge < -0.3 is 13.5 Å². The Morgan fingerprint density at radius 1 is 1.09 bits per heavy atom. The lowest BCUT2D eigenvalue weighted by Gasteiger charge is -2.31. The van der Waals surface area contributed by atoms with Gasteiger partial charge in [0.2, 0.25) is 0 Å². The number of hydrogen-bond acceptors (Lipinski definition) is 4. The fourth-order valence-electron chi connectivity index (χ4n) is 2.01. The van der Waals surface area contributed by atoms with E-state index in [1.165, 1.54) is 0 Å². The van der Waals surface area contributed by atoms with Crippen LogP contribution in [0, 0.1) is 0 Å². The summed E-state index contributed by atoms with van der Waals surface area (Å²) in [7, 11) is -5.23. The Kier molecular flexibility index (Phi) is 7.79. The Balaban J connectivity index is 3.05. The molecule has 1 atom stereocenters. The summed E-state index contributed by atoms with van der Waals surface area (Å²) < 4.78 is 30.2. The summed E-state index contributed by atoms with van der Waals surface area (Å²) in [5.41, 5.74) is 0.993. The van der Waals surface area contributed by atoms with Crippen molar-refractivity contribution in [3.63, 3.8) is 0 Å². The topological polar surface area (TPSA) is 44.8 Å². The zero-order valence-electron chi connectivity index (χ0n) is 14.0. The molecule has 1 aromatic carbocycles. The third-order valence-electron chi connectivity index (χ3n) is 2.78. The van der Waals surface area contributed by atoms with Gasteiger partial charge >= 0.3 is 7.60 Å². The average molecular weight is 365 g/mol. The molecule has 0 bridgehead atoms. The molecule has 7 heteroatoms. The first-order chi connectivity index (χ1) is 10.2. The molecule has 0 saturated heterocycles. The van der Waals surface area contributed by atoms with Gasteiger partial charge in [0.15, 0.2) is 14.2 Å². The zero-order chi connectivity index (χ0) is 16.8. The molecule has 1 unspecified atom stereocenters. The molecule has 0 fully saturated rings. The molecule has 1 aromatic rings. The molecule has 0 aliphatic rings. The van der Waals surface area contributed by atoms with Crippen LogP contribution in [0.4, 0.5) is 0 Å². The van der Waals surface area contributed by atoms with Crippen molar-refractivity contribution in [2.75, 3.05) is 13.2 Å². The molecular weight excluding hydrogens is 339 g/mol. The smallest absolute Gasteiger partial charge is 0.358 e. The maximum absolute atomic E-state index is 13.1. The van der Waals surface area contributed by atoms with Gasteiger partial charge in [0.05, 0.1) is 13.2 Å². The predicted octanol–water partition coefficient (Wildman–Crippen LogP) is 5.33. The minimum atomic E-state index is -3.32. The van der Waals surface area contributed by atoms with Crippen molar-refractivity contribution < 1.29 is 18.0 Å². The molecule has 0 saturated carbocycles. The molecule has 1 rings (SSSR count). The highest BCUT2D eigenvalue weighted by Gasteiger charge is 2.39. The van der Waals surface area contributed by atoms with Crippen LogP contribution in [0.1, 0.15) is 19.4 Å². The molecule has 0 amide bonds. The third kappa shape index (κ3) is 6.53. The third-order valence-corrected chi connectivity index (χ3v) is 6.46. The van der Waals surface area contributed by atoms with Crippen molar-refractivity contribution >= 4 is 27.5 Å². The van der Waals surface area contributed by atoms with Crippen LogP contribution < -0.4 is 0 Å². The largest absolute Gasteiger partial charge is 0.403 e. The van der Waals surface area contributed by atoms with E-state index in [1.54, 1.807) is 13.8 Å². The quantitative estimate of drug-likeness (QED) is 0.439. The lowest BCUT2D eigenvalue weighted by molar-refractivity contribution is 0.157. The lowest BCUT2D eigenvalue weighted by atomic mass is 10.2. The second-order valence-electron chi connectivity index (χ2n) is 5.89. The maximum Gasteiger partial charge on any atom is 0.358 e. The van der Waals surface area contributed by atoms with Crippen LogP contribution >= 0.6 is 19.2 Å². The second kappa shape index (κ2) is 8.62. The van der Waals surface area contributed by atoms with E-state index in [4.69, 9.17) is 25.1 Å². The van der Waals surface area contributed by atoms with Crippen LogP contribution in [0.2, 0.25) is 24.7 Å². The standard InChI is InChI=1S/C15H26ClO4PSi/c1-6-18-21(17,19-7-2)15(20-22(3,4)5)12-13-8-10-14(16)11-9-13/h8-11,15H,6-7,12H2,1-5H3. The van der Waals surface area contributed by atoms with Crippen molar-refractivity contribution in [3.05, 3.63) is 34.9 Å². The molecule has 0 spiro atoms. The molecular formula is C15H26ClO4PSi. The van der Waals surface area contributed by atoms with E-state index in [1.807, 2.05) is 24.3 Å². The van der Waals surface area contributed by atoms with Crippen LogP contribution in [0.3, 0.4) is 0 Å². The molecule has 0 N–H and O–H groups in total. The van der Waals surface area contributed by atoms with Crippen molar-refractivity contribution in [1.29, 1.82) is 0 Å². The highest BCUT2D eigenvalue weighted by molar-refractivity contribution is 7.54. The fraction of sp³-hybridized carbons (Fsp3) is 0.600. The average Bonchev–Trinajstić information content (AvgIpc) is 2.39. The van der Waals surface area contributed by atoms with Crippen molar-refractivity contribution in [2.24, 2.45) is 0 Å². The normalized spacial score (nSPS) is 14.1. The van der Waals surface area contributed by atoms with Crippen LogP contribution in [0.5, 0.6) is 0 Å². The first-order valence-corrected chi connectivity index (χ1v) is 12.9. The van der Waals surface area contributed by atoms with Crippen molar-refractivity contribution in [3.8, 4) is 0 Å². The molecule has 4 nitrogen and oxygen atoms in total. The monoisotopic (exact) mass is 364 g/mol. The van der Waals surface area contributed by atoms with Crippen LogP contribution in [-0.2, 0) is 24.5 Å². The van der Waals surface area contributed by atoms with Crippen LogP contribution in [-0.4, -0.2) is 27.4 Å². The summed E-state index contributed by atoms with van der Waals surface area (Å²) >= 11 is 5.92. The highest BCUT2D eigenvalue weighted by Crippen LogP contribution is 2.55. The van der Waals surface area contributed by atoms with Gasteiger partial charge in [-0.05, 0) is 51.2 Å². The number of hydrogen-bond donors (Lipinski definition) is 0. The summed E-state index contributed by atoms with van der Waals surface area (Å²) in [6, 6.07) is 7.44. The van der Waals surface area contributed by atoms with Gasteiger partial charge in [-0.25, -0.2) is 0 Å². The van der Waals surface area contributed by atoms with E-state index in [-0.39, 0.29) is 0 Å². The lowest BCUT2D eigenvalue weighted by Crippen LogP contribution is -2.34. The van der Waals surface area contributed by atoms with Crippen molar-refractivity contribution in [1.82, 2.24) is 0 Å². The Morgan fingerprint density at radius 2 is 1.59 bits per heavy atom. The second-order valence-corrected chi connectivity index (χ2v) is 13.0. The van der Waals surface area contributed by atoms with Gasteiger partial charge in [-0.2, -0.15) is 0 Å². The zero-order valence-corrected chi connectivity index (χ0v) is 16.6. The minimum absolute atomic E-state index is 0.323. The van der Waals surface area contributed by atoms with Gasteiger partial charge in [0.25, 0.3) is 0 Å². The fourth-order valence-corrected chi connectivity index (χ4v) is 6.06. The summed E-state index contributed by atoms with van der Waals surface area (Å²) in [5.74, 6) is -0.597. The minimum Gasteiger partial charge on any atom is -0.403 e. The van der Waals surface area contributed by atoms with Gasteiger partial charge in [0.1, 0.15) is 0 Å². The Labute approximate surface area is 139 Å². The van der Waals surface area contributed by atoms with Gasteiger partial charge in [-0.3, -0.25) is 4.57 Å². The van der Waals surface area contributed by atoms with E-state index in [0.717, 1.165) is 5.56 Å². The van der Waals surface area contributed by atoms with E-state index in [0.29, 0.717) is 24.7 Å². The summed E-state index contributed by atoms with van der Waals surface area (Å²) in [6.07, 6.45) is 0.471. The van der Waals surface area contributed by atoms with Gasteiger partial charge in [-0.1, -0.05) is 23.7 Å². The van der Waals surface area contributed by atoms with E-state index < -0.39 is 21.8 Å². The first kappa shape index (κ1) is 19.9. The maximum atomic E-state index is 13.1. The molecule has 0 aromatic heterocycles. The molecule has 0 aliphatic heterocycles. The SMILES string of the molecule is CCOP(=O)(OCC)C(Cc1ccc(Cl)cc1)O[Si](C)(C)C. The van der Waals surface area contributed by atoms with Gasteiger partial charge in [-0.15, -0.1) is 0 Å². The van der Waals surface area contributed by atoms with Crippen molar-refractivity contribution in [2.45, 2.75) is 45.8 Å². The molecule has 0 heterocycles. The van der Waals surface area contributed by atoms with Crippen LogP contribution in [0.15, 0.2) is 24.3 Å². The highest BCUT2D eigenvalue weighted by atomic mass is 35.5. The Hall–Kier alpha value is -0.163. The van der Waals surface area contributed by atoms with E-state index in [9.17, 15) is 4.57 Å². The Bertz CT molecular complexity index is 491. The van der Waals surface area contributed by atoms with Gasteiger partial charge in [0, 0.05) is 11.4 Å². The molecule has 22 heavy (non-hydrogen) atoms. The molecule has 126 valence electrons. The summed E-state index contributed by atoms with van der Waals surface area (Å²) in [5, 5.41) is 0.671. The number of benzene rings is 1. The molecule has 0 aliphatic carbocycles. The van der Waals surface area contributed by atoms with Crippen LogP contribution in [0.25, 0.3) is 0 Å². The van der Waals surface area contributed by atoms with E-state index >= 15 is 0 Å². The number of halogens is 1. The summed E-state index contributed by atoms with van der Waals surface area (Å²) in [6.45, 7) is 10.4. The predicted molar refractivity (Wildman–Crippen MR) is 94.2 cm³/mol. The summed E-state index contributed by atoms with van der Waals surface area (Å²) in [4.78, 5) is 0.